The molecule has 0 bridgehead atoms. The summed E-state index contributed by atoms with van der Waals surface area (Å²) in [6.45, 7) is 0.513. The molecule has 0 fully saturated rings. The van der Waals surface area contributed by atoms with Gasteiger partial charge in [0.1, 0.15) is 6.26 Å². The minimum atomic E-state index is 0.358. The van der Waals surface area contributed by atoms with E-state index in [-0.39, 0.29) is 0 Å². The first-order valence-corrected chi connectivity index (χ1v) is 5.83. The van der Waals surface area contributed by atoms with Crippen LogP contribution in [0.1, 0.15) is 22.7 Å². The molecule has 4 heteroatoms. The number of hydrogen-bond donors (Lipinski definition) is 1. The van der Waals surface area contributed by atoms with Crippen molar-refractivity contribution in [3.05, 3.63) is 53.2 Å². The zero-order chi connectivity index (χ0) is 12.1. The van der Waals surface area contributed by atoms with Crippen LogP contribution in [-0.4, -0.2) is 4.98 Å². The Balaban J connectivity index is 2.19. The highest BCUT2D eigenvalue weighted by Gasteiger charge is 2.00. The minimum absolute atomic E-state index is 0.358. The van der Waals surface area contributed by atoms with Crippen LogP contribution in [0.15, 0.2) is 34.9 Å². The summed E-state index contributed by atoms with van der Waals surface area (Å²) in [5.41, 5.74) is 8.55. The number of rotatable bonds is 4. The van der Waals surface area contributed by atoms with Crippen molar-refractivity contribution in [3.63, 3.8) is 0 Å². The molecule has 0 atom stereocenters. The smallest absolute Gasteiger partial charge is 0.218 e. The summed E-state index contributed by atoms with van der Waals surface area (Å²) < 4.78 is 5.24. The number of alkyl halides is 1. The first-order valence-electron chi connectivity index (χ1n) is 5.30. The lowest BCUT2D eigenvalue weighted by molar-refractivity contribution is 0.546. The van der Waals surface area contributed by atoms with E-state index in [0.29, 0.717) is 18.3 Å². The van der Waals surface area contributed by atoms with Gasteiger partial charge in [-0.15, -0.1) is 11.6 Å². The molecule has 0 aliphatic rings. The quantitative estimate of drug-likeness (QED) is 0.846. The van der Waals surface area contributed by atoms with Gasteiger partial charge in [-0.3, -0.25) is 0 Å². The van der Waals surface area contributed by atoms with E-state index in [1.54, 1.807) is 6.26 Å². The van der Waals surface area contributed by atoms with Gasteiger partial charge in [0, 0.05) is 12.6 Å². The zero-order valence-corrected chi connectivity index (χ0v) is 10.0. The summed E-state index contributed by atoms with van der Waals surface area (Å²) >= 11 is 5.64. The Hall–Kier alpha value is -1.58. The molecule has 17 heavy (non-hydrogen) atoms. The summed E-state index contributed by atoms with van der Waals surface area (Å²) in [5.74, 6) is 0.906. The third-order valence-electron chi connectivity index (χ3n) is 2.39. The van der Waals surface area contributed by atoms with Crippen LogP contribution in [0.3, 0.4) is 0 Å². The predicted molar refractivity (Wildman–Crippen MR) is 69.3 cm³/mol. The van der Waals surface area contributed by atoms with Crippen LogP contribution in [0.5, 0.6) is 0 Å². The van der Waals surface area contributed by atoms with Crippen LogP contribution in [0.25, 0.3) is 12.2 Å². The number of halogens is 1. The molecule has 0 unspecified atom stereocenters. The van der Waals surface area contributed by atoms with Gasteiger partial charge in [0.15, 0.2) is 0 Å². The van der Waals surface area contributed by atoms with Crippen molar-refractivity contribution in [2.75, 3.05) is 0 Å². The third kappa shape index (κ3) is 2.96. The van der Waals surface area contributed by atoms with Crippen LogP contribution >= 0.6 is 11.6 Å². The van der Waals surface area contributed by atoms with Crippen LogP contribution in [0.2, 0.25) is 0 Å². The molecular formula is C13H13ClN2O. The van der Waals surface area contributed by atoms with E-state index in [1.807, 2.05) is 36.4 Å². The Morgan fingerprint density at radius 1 is 1.29 bits per heavy atom. The number of nitrogens with two attached hydrogens (primary N) is 1. The van der Waals surface area contributed by atoms with E-state index in [4.69, 9.17) is 21.8 Å². The highest BCUT2D eigenvalue weighted by atomic mass is 35.5. The third-order valence-corrected chi connectivity index (χ3v) is 2.66. The molecule has 0 aliphatic heterocycles. The Bertz CT molecular complexity index is 520. The maximum atomic E-state index is 5.65. The van der Waals surface area contributed by atoms with Gasteiger partial charge in [-0.1, -0.05) is 24.3 Å². The fourth-order valence-electron chi connectivity index (χ4n) is 1.50. The SMILES string of the molecule is NCc1ccccc1C=Cc1nc(CCl)co1. The summed E-state index contributed by atoms with van der Waals surface area (Å²) in [5, 5.41) is 0. The summed E-state index contributed by atoms with van der Waals surface area (Å²) in [7, 11) is 0. The number of hydrogen-bond acceptors (Lipinski definition) is 3. The molecule has 1 aromatic carbocycles. The van der Waals surface area contributed by atoms with Gasteiger partial charge >= 0.3 is 0 Å². The van der Waals surface area contributed by atoms with Gasteiger partial charge in [0.2, 0.25) is 5.89 Å². The zero-order valence-electron chi connectivity index (χ0n) is 9.27. The van der Waals surface area contributed by atoms with Gasteiger partial charge in [0.25, 0.3) is 0 Å². The average molecular weight is 249 g/mol. The second-order valence-corrected chi connectivity index (χ2v) is 3.81. The van der Waals surface area contributed by atoms with Gasteiger partial charge in [-0.05, 0) is 17.2 Å². The Morgan fingerprint density at radius 2 is 2.12 bits per heavy atom. The van der Waals surface area contributed by atoms with Gasteiger partial charge in [0.05, 0.1) is 11.6 Å². The molecule has 88 valence electrons. The van der Waals surface area contributed by atoms with Crippen LogP contribution in [0, 0.1) is 0 Å². The largest absolute Gasteiger partial charge is 0.445 e. The van der Waals surface area contributed by atoms with Crippen molar-refractivity contribution < 1.29 is 4.42 Å². The fourth-order valence-corrected chi connectivity index (χ4v) is 1.63. The molecule has 3 nitrogen and oxygen atoms in total. The Kier molecular flexibility index (Phi) is 3.96. The van der Waals surface area contributed by atoms with E-state index in [2.05, 4.69) is 4.98 Å². The summed E-state index contributed by atoms with van der Waals surface area (Å²) in [6, 6.07) is 7.94. The van der Waals surface area contributed by atoms with E-state index in [1.165, 1.54) is 0 Å². The molecule has 1 aromatic heterocycles. The molecule has 0 radical (unpaired) electrons. The van der Waals surface area contributed by atoms with Gasteiger partial charge < -0.3 is 10.2 Å². The lowest BCUT2D eigenvalue weighted by Crippen LogP contribution is -1.98. The molecule has 2 rings (SSSR count). The fraction of sp³-hybridized carbons (Fsp3) is 0.154. The molecule has 0 saturated carbocycles. The number of oxazole rings is 1. The van der Waals surface area contributed by atoms with Crippen molar-refractivity contribution in [3.8, 4) is 0 Å². The predicted octanol–water partition coefficient (Wildman–Crippen LogP) is 3.04. The lowest BCUT2D eigenvalue weighted by Gasteiger charge is -2.00. The number of nitrogens with zero attached hydrogens (tertiary/aromatic N) is 1. The van der Waals surface area contributed by atoms with Gasteiger partial charge in [-0.2, -0.15) is 0 Å². The highest BCUT2D eigenvalue weighted by molar-refractivity contribution is 6.16. The first-order chi connectivity index (χ1) is 8.33. The monoisotopic (exact) mass is 248 g/mol. The van der Waals surface area contributed by atoms with Crippen molar-refractivity contribution in [2.24, 2.45) is 5.73 Å². The summed E-state index contributed by atoms with van der Waals surface area (Å²) in [6.07, 6.45) is 5.30. The Morgan fingerprint density at radius 3 is 2.82 bits per heavy atom. The van der Waals surface area contributed by atoms with Crippen LogP contribution in [-0.2, 0) is 12.4 Å². The molecule has 2 aromatic rings. The number of aromatic nitrogens is 1. The molecule has 0 spiro atoms. The van der Waals surface area contributed by atoms with Crippen LogP contribution in [0.4, 0.5) is 0 Å². The van der Waals surface area contributed by atoms with E-state index < -0.39 is 0 Å². The number of benzene rings is 1. The summed E-state index contributed by atoms with van der Waals surface area (Å²) in [4.78, 5) is 4.18. The second kappa shape index (κ2) is 5.66. The van der Waals surface area contributed by atoms with Crippen molar-refractivity contribution >= 4 is 23.8 Å². The maximum absolute atomic E-state index is 5.65. The molecule has 0 saturated heterocycles. The Labute approximate surface area is 105 Å². The van der Waals surface area contributed by atoms with Crippen molar-refractivity contribution in [2.45, 2.75) is 12.4 Å². The first kappa shape index (κ1) is 11.9. The van der Waals surface area contributed by atoms with Crippen LogP contribution < -0.4 is 5.73 Å². The molecule has 2 N–H and O–H groups in total. The van der Waals surface area contributed by atoms with Crippen molar-refractivity contribution in [1.29, 1.82) is 0 Å². The standard InChI is InChI=1S/C13H13ClN2O/c14-7-12-9-17-13(16-12)6-5-10-3-1-2-4-11(10)8-15/h1-6,9H,7-8,15H2. The van der Waals surface area contributed by atoms with E-state index >= 15 is 0 Å². The van der Waals surface area contributed by atoms with E-state index in [9.17, 15) is 0 Å². The van der Waals surface area contributed by atoms with Gasteiger partial charge in [-0.25, -0.2) is 4.98 Å². The maximum Gasteiger partial charge on any atom is 0.218 e. The average Bonchev–Trinajstić information content (AvgIpc) is 2.84. The topological polar surface area (TPSA) is 52.0 Å². The highest BCUT2D eigenvalue weighted by Crippen LogP contribution is 2.13. The molecule has 1 heterocycles. The minimum Gasteiger partial charge on any atom is -0.445 e. The second-order valence-electron chi connectivity index (χ2n) is 3.55. The molecule has 0 aliphatic carbocycles. The molecule has 0 amide bonds. The lowest BCUT2D eigenvalue weighted by atomic mass is 10.1. The van der Waals surface area contributed by atoms with E-state index in [0.717, 1.165) is 16.8 Å². The molecular weight excluding hydrogens is 236 g/mol. The van der Waals surface area contributed by atoms with Crippen molar-refractivity contribution in [1.82, 2.24) is 4.98 Å². The normalized spacial score (nSPS) is 11.2.